The van der Waals surface area contributed by atoms with Gasteiger partial charge in [-0.25, -0.2) is 0 Å². The van der Waals surface area contributed by atoms with Gasteiger partial charge in [-0.2, -0.15) is 0 Å². The van der Waals surface area contributed by atoms with Gasteiger partial charge in [-0.15, -0.1) is 0 Å². The number of hydrogen-bond acceptors (Lipinski definition) is 2. The zero-order valence-corrected chi connectivity index (χ0v) is 9.55. The standard InChI is InChI=1S/C11H22N2O/c1-4-13(9(2)14)8-10(12)11(3)6-5-7-11/h10H,4-8,12H2,1-3H3. The minimum absolute atomic E-state index is 0.130. The molecule has 82 valence electrons. The smallest absolute Gasteiger partial charge is 0.219 e. The van der Waals surface area contributed by atoms with Crippen LogP contribution in [-0.4, -0.2) is 29.9 Å². The quantitative estimate of drug-likeness (QED) is 0.741. The molecule has 3 heteroatoms. The van der Waals surface area contributed by atoms with Crippen LogP contribution < -0.4 is 5.73 Å². The largest absolute Gasteiger partial charge is 0.342 e. The summed E-state index contributed by atoms with van der Waals surface area (Å²) in [7, 11) is 0. The summed E-state index contributed by atoms with van der Waals surface area (Å²) in [6, 6.07) is 0.139. The summed E-state index contributed by atoms with van der Waals surface area (Å²) in [6.45, 7) is 7.31. The zero-order chi connectivity index (χ0) is 10.8. The molecule has 0 aromatic carbocycles. The molecule has 0 bridgehead atoms. The van der Waals surface area contributed by atoms with Gasteiger partial charge in [0.1, 0.15) is 0 Å². The second-order valence-electron chi connectivity index (χ2n) is 4.67. The first-order valence-electron chi connectivity index (χ1n) is 5.50. The summed E-state index contributed by atoms with van der Waals surface area (Å²) < 4.78 is 0. The van der Waals surface area contributed by atoms with Gasteiger partial charge < -0.3 is 10.6 Å². The lowest BCUT2D eigenvalue weighted by Gasteiger charge is -2.44. The number of amides is 1. The highest BCUT2D eigenvalue weighted by Crippen LogP contribution is 2.42. The van der Waals surface area contributed by atoms with Crippen molar-refractivity contribution in [2.24, 2.45) is 11.1 Å². The van der Waals surface area contributed by atoms with Crippen molar-refractivity contribution in [2.75, 3.05) is 13.1 Å². The maximum absolute atomic E-state index is 11.2. The maximum atomic E-state index is 11.2. The van der Waals surface area contributed by atoms with E-state index in [2.05, 4.69) is 6.92 Å². The molecule has 1 amide bonds. The Morgan fingerprint density at radius 1 is 1.57 bits per heavy atom. The van der Waals surface area contributed by atoms with E-state index in [1.165, 1.54) is 19.3 Å². The third-order valence-electron chi connectivity index (χ3n) is 3.64. The predicted molar refractivity (Wildman–Crippen MR) is 57.9 cm³/mol. The van der Waals surface area contributed by atoms with E-state index in [1.54, 1.807) is 6.92 Å². The number of carbonyl (C=O) groups excluding carboxylic acids is 1. The lowest BCUT2D eigenvalue weighted by Crippen LogP contribution is -2.51. The molecule has 1 unspecified atom stereocenters. The number of likely N-dealkylation sites (N-methyl/N-ethyl adjacent to an activating group) is 1. The Balaban J connectivity index is 2.45. The molecule has 0 spiro atoms. The molecule has 0 aromatic rings. The summed E-state index contributed by atoms with van der Waals surface area (Å²) in [4.78, 5) is 13.0. The summed E-state index contributed by atoms with van der Waals surface area (Å²) in [5.74, 6) is 0.130. The molecule has 0 aliphatic heterocycles. The lowest BCUT2D eigenvalue weighted by atomic mass is 9.65. The maximum Gasteiger partial charge on any atom is 0.219 e. The molecule has 1 atom stereocenters. The number of rotatable bonds is 4. The Bertz CT molecular complexity index is 211. The van der Waals surface area contributed by atoms with Crippen LogP contribution in [0.15, 0.2) is 0 Å². The predicted octanol–water partition coefficient (Wildman–Crippen LogP) is 1.37. The third-order valence-corrected chi connectivity index (χ3v) is 3.64. The summed E-state index contributed by atoms with van der Waals surface area (Å²) >= 11 is 0. The first-order valence-corrected chi connectivity index (χ1v) is 5.50. The van der Waals surface area contributed by atoms with E-state index < -0.39 is 0 Å². The van der Waals surface area contributed by atoms with Crippen LogP contribution >= 0.6 is 0 Å². The fraction of sp³-hybridized carbons (Fsp3) is 0.909. The summed E-state index contributed by atoms with van der Waals surface area (Å²) in [5, 5.41) is 0. The van der Waals surface area contributed by atoms with E-state index >= 15 is 0 Å². The summed E-state index contributed by atoms with van der Waals surface area (Å²) in [6.07, 6.45) is 3.71. The van der Waals surface area contributed by atoms with Crippen molar-refractivity contribution in [2.45, 2.75) is 46.1 Å². The SMILES string of the molecule is CCN(CC(N)C1(C)CCC1)C(C)=O. The van der Waals surface area contributed by atoms with E-state index in [4.69, 9.17) is 5.73 Å². The monoisotopic (exact) mass is 198 g/mol. The number of carbonyl (C=O) groups is 1. The third kappa shape index (κ3) is 2.27. The molecule has 2 N–H and O–H groups in total. The summed E-state index contributed by atoms with van der Waals surface area (Å²) in [5.41, 5.74) is 6.41. The highest BCUT2D eigenvalue weighted by Gasteiger charge is 2.38. The van der Waals surface area contributed by atoms with E-state index in [0.717, 1.165) is 6.54 Å². The van der Waals surface area contributed by atoms with Gasteiger partial charge in [-0.05, 0) is 25.2 Å². The molecule has 1 aliphatic carbocycles. The molecule has 14 heavy (non-hydrogen) atoms. The number of hydrogen-bond donors (Lipinski definition) is 1. The molecule has 0 heterocycles. The highest BCUT2D eigenvalue weighted by atomic mass is 16.2. The van der Waals surface area contributed by atoms with E-state index in [0.29, 0.717) is 6.54 Å². The Morgan fingerprint density at radius 2 is 2.14 bits per heavy atom. The fourth-order valence-electron chi connectivity index (χ4n) is 2.04. The van der Waals surface area contributed by atoms with Gasteiger partial charge in [-0.1, -0.05) is 13.3 Å². The zero-order valence-electron chi connectivity index (χ0n) is 9.55. The van der Waals surface area contributed by atoms with Crippen LogP contribution in [-0.2, 0) is 4.79 Å². The van der Waals surface area contributed by atoms with Gasteiger partial charge in [0.15, 0.2) is 0 Å². The molecular formula is C11H22N2O. The molecule has 1 fully saturated rings. The first kappa shape index (κ1) is 11.5. The van der Waals surface area contributed by atoms with E-state index in [1.807, 2.05) is 11.8 Å². The molecular weight excluding hydrogens is 176 g/mol. The fourth-order valence-corrected chi connectivity index (χ4v) is 2.04. The molecule has 1 aliphatic rings. The van der Waals surface area contributed by atoms with Crippen LogP contribution in [0.25, 0.3) is 0 Å². The first-order chi connectivity index (χ1) is 6.49. The molecule has 0 aromatic heterocycles. The Morgan fingerprint density at radius 3 is 2.43 bits per heavy atom. The Kier molecular flexibility index (Phi) is 3.53. The second kappa shape index (κ2) is 4.30. The van der Waals surface area contributed by atoms with Crippen molar-refractivity contribution in [3.63, 3.8) is 0 Å². The van der Waals surface area contributed by atoms with Crippen molar-refractivity contribution < 1.29 is 4.79 Å². The second-order valence-corrected chi connectivity index (χ2v) is 4.67. The molecule has 3 nitrogen and oxygen atoms in total. The van der Waals surface area contributed by atoms with Crippen LogP contribution in [0.1, 0.15) is 40.0 Å². The molecule has 0 radical (unpaired) electrons. The van der Waals surface area contributed by atoms with Crippen molar-refractivity contribution >= 4 is 5.91 Å². The average molecular weight is 198 g/mol. The van der Waals surface area contributed by atoms with Gasteiger partial charge in [0.25, 0.3) is 0 Å². The number of nitrogens with two attached hydrogens (primary N) is 1. The molecule has 1 rings (SSSR count). The van der Waals surface area contributed by atoms with Crippen molar-refractivity contribution in [3.05, 3.63) is 0 Å². The number of nitrogens with zero attached hydrogens (tertiary/aromatic N) is 1. The van der Waals surface area contributed by atoms with E-state index in [9.17, 15) is 4.79 Å². The van der Waals surface area contributed by atoms with Crippen LogP contribution in [0.2, 0.25) is 0 Å². The minimum atomic E-state index is 0.130. The topological polar surface area (TPSA) is 46.3 Å². The van der Waals surface area contributed by atoms with Gasteiger partial charge >= 0.3 is 0 Å². The average Bonchev–Trinajstić information content (AvgIpc) is 2.09. The van der Waals surface area contributed by atoms with Gasteiger partial charge in [0.05, 0.1) is 0 Å². The Hall–Kier alpha value is -0.570. The highest BCUT2D eigenvalue weighted by molar-refractivity contribution is 5.73. The van der Waals surface area contributed by atoms with Crippen molar-refractivity contribution in [1.29, 1.82) is 0 Å². The molecule has 1 saturated carbocycles. The van der Waals surface area contributed by atoms with Crippen LogP contribution in [0.4, 0.5) is 0 Å². The van der Waals surface area contributed by atoms with Crippen LogP contribution in [0, 0.1) is 5.41 Å². The van der Waals surface area contributed by atoms with Gasteiger partial charge in [0.2, 0.25) is 5.91 Å². The van der Waals surface area contributed by atoms with E-state index in [-0.39, 0.29) is 17.4 Å². The minimum Gasteiger partial charge on any atom is -0.342 e. The van der Waals surface area contributed by atoms with Gasteiger partial charge in [0, 0.05) is 26.1 Å². The molecule has 0 saturated heterocycles. The Labute approximate surface area is 86.6 Å². The normalized spacial score (nSPS) is 21.1. The van der Waals surface area contributed by atoms with Crippen molar-refractivity contribution in [3.8, 4) is 0 Å². The van der Waals surface area contributed by atoms with Crippen molar-refractivity contribution in [1.82, 2.24) is 4.90 Å². The van der Waals surface area contributed by atoms with Crippen LogP contribution in [0.3, 0.4) is 0 Å². The van der Waals surface area contributed by atoms with Gasteiger partial charge in [-0.3, -0.25) is 4.79 Å². The lowest BCUT2D eigenvalue weighted by molar-refractivity contribution is -0.129. The van der Waals surface area contributed by atoms with Crippen LogP contribution in [0.5, 0.6) is 0 Å².